The predicted molar refractivity (Wildman–Crippen MR) is 101 cm³/mol. The first-order valence-corrected chi connectivity index (χ1v) is 8.83. The zero-order valence-corrected chi connectivity index (χ0v) is 15.5. The lowest BCUT2D eigenvalue weighted by Crippen LogP contribution is -2.16. The third kappa shape index (κ3) is 4.60. The first kappa shape index (κ1) is 19.7. The second-order valence-electron chi connectivity index (χ2n) is 6.60. The Hall–Kier alpha value is -3.09. The molecule has 0 fully saturated rings. The van der Waals surface area contributed by atoms with Gasteiger partial charge in [-0.2, -0.15) is 18.3 Å². The van der Waals surface area contributed by atoms with Crippen molar-refractivity contribution in [2.24, 2.45) is 0 Å². The summed E-state index contributed by atoms with van der Waals surface area (Å²) in [5.41, 5.74) is 2.71. The third-order valence-electron chi connectivity index (χ3n) is 4.34. The summed E-state index contributed by atoms with van der Waals surface area (Å²) >= 11 is 0. The number of anilines is 1. The number of nitrogens with one attached hydrogen (secondary N) is 1. The second kappa shape index (κ2) is 7.88. The summed E-state index contributed by atoms with van der Waals surface area (Å²) < 4.78 is 40.8. The lowest BCUT2D eigenvalue weighted by Gasteiger charge is -2.13. The van der Waals surface area contributed by atoms with Gasteiger partial charge in [-0.3, -0.25) is 4.79 Å². The van der Waals surface area contributed by atoms with Crippen molar-refractivity contribution in [3.05, 3.63) is 77.1 Å². The number of aryl methyl sites for hydroxylation is 3. The smallest absolute Gasteiger partial charge is 0.325 e. The minimum absolute atomic E-state index is 0.0887. The quantitative estimate of drug-likeness (QED) is 0.664. The van der Waals surface area contributed by atoms with Crippen molar-refractivity contribution in [1.82, 2.24) is 9.78 Å². The average Bonchev–Trinajstić information content (AvgIpc) is 2.98. The van der Waals surface area contributed by atoms with Gasteiger partial charge in [0.1, 0.15) is 0 Å². The Balaban J connectivity index is 1.62. The Bertz CT molecular complexity index is 975. The van der Waals surface area contributed by atoms with Gasteiger partial charge < -0.3 is 5.32 Å². The molecule has 0 aliphatic heterocycles. The number of carbonyl (C=O) groups excluding carboxylic acids is 1. The lowest BCUT2D eigenvalue weighted by atomic mass is 10.1. The van der Waals surface area contributed by atoms with Gasteiger partial charge in [-0.1, -0.05) is 24.3 Å². The summed E-state index contributed by atoms with van der Waals surface area (Å²) in [6.07, 6.45) is -3.99. The molecule has 1 amide bonds. The van der Waals surface area contributed by atoms with Crippen LogP contribution >= 0.6 is 0 Å². The Morgan fingerprint density at radius 1 is 1.07 bits per heavy atom. The maximum atomic E-state index is 13.0. The summed E-state index contributed by atoms with van der Waals surface area (Å²) in [6.45, 7) is 3.89. The number of aromatic nitrogens is 2. The van der Waals surface area contributed by atoms with Crippen molar-refractivity contribution in [2.75, 3.05) is 5.32 Å². The first-order chi connectivity index (χ1) is 13.2. The number of benzene rings is 2. The van der Waals surface area contributed by atoms with Crippen LogP contribution in [0.25, 0.3) is 5.69 Å². The van der Waals surface area contributed by atoms with Crippen LogP contribution < -0.4 is 5.32 Å². The minimum atomic E-state index is -4.51. The number of carbonyl (C=O) groups is 1. The van der Waals surface area contributed by atoms with E-state index in [1.54, 1.807) is 0 Å². The number of alkyl halides is 3. The molecule has 2 aromatic carbocycles. The molecule has 1 aromatic heterocycles. The number of amides is 1. The molecule has 0 bridgehead atoms. The van der Waals surface area contributed by atoms with E-state index in [-0.39, 0.29) is 12.1 Å². The van der Waals surface area contributed by atoms with Crippen LogP contribution in [0, 0.1) is 13.8 Å². The topological polar surface area (TPSA) is 46.9 Å². The molecule has 0 saturated heterocycles. The number of halogens is 3. The van der Waals surface area contributed by atoms with E-state index in [1.165, 1.54) is 18.2 Å². The number of nitrogens with zero attached hydrogens (tertiary/aromatic N) is 2. The van der Waals surface area contributed by atoms with Gasteiger partial charge in [0.25, 0.3) is 0 Å². The Labute approximate surface area is 161 Å². The van der Waals surface area contributed by atoms with Gasteiger partial charge in [0, 0.05) is 12.1 Å². The highest BCUT2D eigenvalue weighted by Crippen LogP contribution is 2.34. The zero-order valence-electron chi connectivity index (χ0n) is 15.5. The van der Waals surface area contributed by atoms with E-state index in [4.69, 9.17) is 0 Å². The number of rotatable bonds is 5. The summed E-state index contributed by atoms with van der Waals surface area (Å²) in [6, 6.07) is 14.5. The molecule has 0 saturated carbocycles. The van der Waals surface area contributed by atoms with Crippen LogP contribution in [0.2, 0.25) is 0 Å². The van der Waals surface area contributed by atoms with Gasteiger partial charge in [0.05, 0.1) is 22.6 Å². The highest BCUT2D eigenvalue weighted by Gasteiger charge is 2.33. The Morgan fingerprint density at radius 3 is 2.36 bits per heavy atom. The zero-order chi connectivity index (χ0) is 20.3. The van der Waals surface area contributed by atoms with Gasteiger partial charge in [-0.15, -0.1) is 0 Å². The maximum Gasteiger partial charge on any atom is 0.418 e. The first-order valence-electron chi connectivity index (χ1n) is 8.83. The van der Waals surface area contributed by atoms with Crippen LogP contribution in [0.1, 0.15) is 28.9 Å². The molecule has 28 heavy (non-hydrogen) atoms. The molecule has 0 aliphatic rings. The maximum absolute atomic E-state index is 13.0. The molecule has 4 nitrogen and oxygen atoms in total. The second-order valence-corrected chi connectivity index (χ2v) is 6.60. The molecule has 0 unspecified atom stereocenters. The van der Waals surface area contributed by atoms with Crippen molar-refractivity contribution >= 4 is 11.6 Å². The molecular weight excluding hydrogens is 367 g/mol. The van der Waals surface area contributed by atoms with Crippen molar-refractivity contribution in [2.45, 2.75) is 32.9 Å². The summed E-state index contributed by atoms with van der Waals surface area (Å²) in [4.78, 5) is 12.1. The molecule has 3 rings (SSSR count). The van der Waals surface area contributed by atoms with Crippen LogP contribution in [0.4, 0.5) is 18.9 Å². The van der Waals surface area contributed by atoms with Crippen molar-refractivity contribution in [1.29, 1.82) is 0 Å². The highest BCUT2D eigenvalue weighted by molar-refractivity contribution is 5.91. The van der Waals surface area contributed by atoms with E-state index in [0.717, 1.165) is 28.7 Å². The molecular formula is C21H20F3N3O. The van der Waals surface area contributed by atoms with E-state index >= 15 is 0 Å². The van der Waals surface area contributed by atoms with E-state index in [1.807, 2.05) is 48.9 Å². The van der Waals surface area contributed by atoms with Gasteiger partial charge >= 0.3 is 6.18 Å². The Kier molecular flexibility index (Phi) is 5.53. The molecule has 3 aromatic rings. The standard InChI is InChI=1S/C21H20F3N3O/c1-14-13-15(2)27(26-14)17-10-7-16(8-11-17)9-12-20(28)25-19-6-4-3-5-18(19)21(22,23)24/h3-8,10-11,13H,9,12H2,1-2H3,(H,25,28). The fourth-order valence-electron chi connectivity index (χ4n) is 3.00. The Morgan fingerprint density at radius 2 is 1.75 bits per heavy atom. The SMILES string of the molecule is Cc1cc(C)n(-c2ccc(CCC(=O)Nc3ccccc3C(F)(F)F)cc2)n1. The molecule has 7 heteroatoms. The largest absolute Gasteiger partial charge is 0.418 e. The molecule has 146 valence electrons. The summed E-state index contributed by atoms with van der Waals surface area (Å²) in [5.74, 6) is -0.459. The van der Waals surface area contributed by atoms with Crippen LogP contribution in [0.15, 0.2) is 54.6 Å². The normalized spacial score (nSPS) is 11.5. The van der Waals surface area contributed by atoms with Gasteiger partial charge in [0.15, 0.2) is 0 Å². The molecule has 0 radical (unpaired) electrons. The molecule has 1 heterocycles. The van der Waals surface area contributed by atoms with Gasteiger partial charge in [0.2, 0.25) is 5.91 Å². The molecule has 0 spiro atoms. The van der Waals surface area contributed by atoms with E-state index in [0.29, 0.717) is 6.42 Å². The number of hydrogen-bond acceptors (Lipinski definition) is 2. The van der Waals surface area contributed by atoms with Crippen molar-refractivity contribution < 1.29 is 18.0 Å². The number of hydrogen-bond donors (Lipinski definition) is 1. The van der Waals surface area contributed by atoms with E-state index < -0.39 is 17.6 Å². The lowest BCUT2D eigenvalue weighted by molar-refractivity contribution is -0.137. The van der Waals surface area contributed by atoms with Gasteiger partial charge in [-0.25, -0.2) is 4.68 Å². The third-order valence-corrected chi connectivity index (χ3v) is 4.34. The van der Waals surface area contributed by atoms with E-state index in [2.05, 4.69) is 10.4 Å². The van der Waals surface area contributed by atoms with Crippen LogP contribution in [-0.2, 0) is 17.4 Å². The van der Waals surface area contributed by atoms with E-state index in [9.17, 15) is 18.0 Å². The van der Waals surface area contributed by atoms with Gasteiger partial charge in [-0.05, 0) is 56.2 Å². The summed E-state index contributed by atoms with van der Waals surface area (Å²) in [7, 11) is 0. The molecule has 0 aliphatic carbocycles. The number of para-hydroxylation sites is 1. The summed E-state index contributed by atoms with van der Waals surface area (Å²) in [5, 5.41) is 6.78. The average molecular weight is 387 g/mol. The molecule has 0 atom stereocenters. The monoisotopic (exact) mass is 387 g/mol. The minimum Gasteiger partial charge on any atom is -0.325 e. The highest BCUT2D eigenvalue weighted by atomic mass is 19.4. The van der Waals surface area contributed by atoms with Crippen LogP contribution in [0.3, 0.4) is 0 Å². The predicted octanol–water partition coefficient (Wildman–Crippen LogP) is 5.08. The van der Waals surface area contributed by atoms with Crippen molar-refractivity contribution in [3.8, 4) is 5.69 Å². The van der Waals surface area contributed by atoms with Crippen LogP contribution in [-0.4, -0.2) is 15.7 Å². The van der Waals surface area contributed by atoms with Crippen LogP contribution in [0.5, 0.6) is 0 Å². The van der Waals surface area contributed by atoms with Crippen molar-refractivity contribution in [3.63, 3.8) is 0 Å². The fourth-order valence-corrected chi connectivity index (χ4v) is 3.00. The molecule has 1 N–H and O–H groups in total. The fraction of sp³-hybridized carbons (Fsp3) is 0.238.